The smallest absolute Gasteiger partial charge is 0.408 e. The fourth-order valence-electron chi connectivity index (χ4n) is 1.55. The Morgan fingerprint density at radius 1 is 1.33 bits per heavy atom. The van der Waals surface area contributed by atoms with E-state index in [0.29, 0.717) is 12.4 Å². The number of hydrogen-bond donors (Lipinski definition) is 1. The van der Waals surface area contributed by atoms with Gasteiger partial charge in [0.1, 0.15) is 0 Å². The van der Waals surface area contributed by atoms with Gasteiger partial charge in [-0.25, -0.2) is 9.48 Å². The first-order valence-electron chi connectivity index (χ1n) is 5.40. The van der Waals surface area contributed by atoms with E-state index in [1.807, 2.05) is 30.3 Å². The molecule has 0 spiro atoms. The number of carbonyl (C=O) groups is 1. The molecule has 0 radical (unpaired) electrons. The van der Waals surface area contributed by atoms with Crippen molar-refractivity contribution in [1.82, 2.24) is 25.1 Å². The highest BCUT2D eigenvalue weighted by atomic mass is 16.4. The van der Waals surface area contributed by atoms with Gasteiger partial charge in [0.05, 0.1) is 6.54 Å². The van der Waals surface area contributed by atoms with Crippen LogP contribution in [0.15, 0.2) is 30.3 Å². The molecule has 7 heteroatoms. The summed E-state index contributed by atoms with van der Waals surface area (Å²) in [5.41, 5.74) is 0.926. The van der Waals surface area contributed by atoms with Crippen molar-refractivity contribution in [3.05, 3.63) is 41.7 Å². The average molecular weight is 247 g/mol. The highest BCUT2D eigenvalue weighted by Crippen LogP contribution is 2.07. The van der Waals surface area contributed by atoms with Crippen molar-refractivity contribution in [3.63, 3.8) is 0 Å². The van der Waals surface area contributed by atoms with Gasteiger partial charge in [-0.1, -0.05) is 30.3 Å². The van der Waals surface area contributed by atoms with Crippen LogP contribution in [0.2, 0.25) is 0 Å². The molecule has 18 heavy (non-hydrogen) atoms. The van der Waals surface area contributed by atoms with Crippen molar-refractivity contribution in [2.24, 2.45) is 7.05 Å². The maximum atomic E-state index is 11.2. The number of tetrazole rings is 1. The molecule has 0 bridgehead atoms. The predicted octanol–water partition coefficient (Wildman–Crippen LogP) is 0.890. The Bertz CT molecular complexity index is 525. The molecular weight excluding hydrogens is 234 g/mol. The van der Waals surface area contributed by atoms with Crippen LogP contribution >= 0.6 is 0 Å². The Kier molecular flexibility index (Phi) is 3.52. The second-order valence-corrected chi connectivity index (χ2v) is 3.84. The molecule has 1 heterocycles. The van der Waals surface area contributed by atoms with Crippen LogP contribution in [-0.2, 0) is 20.1 Å². The first-order valence-corrected chi connectivity index (χ1v) is 5.40. The first kappa shape index (κ1) is 12.0. The minimum atomic E-state index is -0.998. The van der Waals surface area contributed by atoms with E-state index < -0.39 is 6.09 Å². The number of rotatable bonds is 4. The number of amides is 1. The van der Waals surface area contributed by atoms with Crippen molar-refractivity contribution >= 4 is 6.09 Å². The third kappa shape index (κ3) is 2.82. The van der Waals surface area contributed by atoms with Crippen LogP contribution in [0, 0.1) is 0 Å². The third-order valence-corrected chi connectivity index (χ3v) is 2.53. The Morgan fingerprint density at radius 2 is 2.06 bits per heavy atom. The SMILES string of the molecule is Cn1nnnc1CN(Cc1ccccc1)C(=O)O. The molecule has 0 atom stereocenters. The van der Waals surface area contributed by atoms with Crippen LogP contribution < -0.4 is 0 Å². The quantitative estimate of drug-likeness (QED) is 0.867. The molecule has 0 saturated heterocycles. The number of aromatic nitrogens is 4. The standard InChI is InChI=1S/C11H13N5O2/c1-15-10(12-13-14-15)8-16(11(17)18)7-9-5-3-2-4-6-9/h2-6H,7-8H2,1H3,(H,17,18). The molecule has 1 amide bonds. The zero-order chi connectivity index (χ0) is 13.0. The summed E-state index contributed by atoms with van der Waals surface area (Å²) < 4.78 is 1.46. The molecule has 94 valence electrons. The maximum absolute atomic E-state index is 11.2. The van der Waals surface area contributed by atoms with E-state index in [4.69, 9.17) is 0 Å². The minimum Gasteiger partial charge on any atom is -0.465 e. The lowest BCUT2D eigenvalue weighted by Crippen LogP contribution is -2.29. The molecular formula is C11H13N5O2. The fraction of sp³-hybridized carbons (Fsp3) is 0.273. The monoisotopic (exact) mass is 247 g/mol. The van der Waals surface area contributed by atoms with Crippen molar-refractivity contribution in [3.8, 4) is 0 Å². The molecule has 1 aromatic heterocycles. The summed E-state index contributed by atoms with van der Waals surface area (Å²) in [4.78, 5) is 12.5. The second-order valence-electron chi connectivity index (χ2n) is 3.84. The van der Waals surface area contributed by atoms with Crippen molar-refractivity contribution in [2.75, 3.05) is 0 Å². The molecule has 1 aromatic carbocycles. The molecule has 2 aromatic rings. The number of hydrogen-bond acceptors (Lipinski definition) is 4. The Balaban J connectivity index is 2.10. The molecule has 0 aliphatic carbocycles. The van der Waals surface area contributed by atoms with E-state index in [2.05, 4.69) is 15.5 Å². The van der Waals surface area contributed by atoms with Crippen LogP contribution in [0.5, 0.6) is 0 Å². The van der Waals surface area contributed by atoms with E-state index in [0.717, 1.165) is 5.56 Å². The lowest BCUT2D eigenvalue weighted by molar-refractivity contribution is 0.137. The summed E-state index contributed by atoms with van der Waals surface area (Å²) in [5, 5.41) is 20.1. The van der Waals surface area contributed by atoms with E-state index in [1.54, 1.807) is 7.05 Å². The Hall–Kier alpha value is -2.44. The summed E-state index contributed by atoms with van der Waals surface area (Å²) in [6, 6.07) is 9.40. The molecule has 0 fully saturated rings. The van der Waals surface area contributed by atoms with Crippen LogP contribution in [0.4, 0.5) is 4.79 Å². The maximum Gasteiger partial charge on any atom is 0.408 e. The van der Waals surface area contributed by atoms with Crippen molar-refractivity contribution in [1.29, 1.82) is 0 Å². The average Bonchev–Trinajstić information content (AvgIpc) is 2.75. The zero-order valence-corrected chi connectivity index (χ0v) is 9.89. The summed E-state index contributed by atoms with van der Waals surface area (Å²) in [7, 11) is 1.68. The molecule has 7 nitrogen and oxygen atoms in total. The van der Waals surface area contributed by atoms with Gasteiger partial charge in [-0.05, 0) is 16.0 Å². The third-order valence-electron chi connectivity index (χ3n) is 2.53. The zero-order valence-electron chi connectivity index (χ0n) is 9.89. The van der Waals surface area contributed by atoms with Gasteiger partial charge in [-0.15, -0.1) is 5.10 Å². The largest absolute Gasteiger partial charge is 0.465 e. The highest BCUT2D eigenvalue weighted by Gasteiger charge is 2.15. The van der Waals surface area contributed by atoms with Gasteiger partial charge >= 0.3 is 6.09 Å². The second kappa shape index (κ2) is 5.26. The first-order chi connectivity index (χ1) is 8.66. The summed E-state index contributed by atoms with van der Waals surface area (Å²) >= 11 is 0. The minimum absolute atomic E-state index is 0.160. The number of nitrogens with zero attached hydrogens (tertiary/aromatic N) is 5. The van der Waals surface area contributed by atoms with Crippen LogP contribution in [0.3, 0.4) is 0 Å². The molecule has 0 unspecified atom stereocenters. The van der Waals surface area contributed by atoms with Gasteiger partial charge in [-0.2, -0.15) is 0 Å². The number of benzene rings is 1. The lowest BCUT2D eigenvalue weighted by Gasteiger charge is -2.18. The molecule has 1 N–H and O–H groups in total. The van der Waals surface area contributed by atoms with E-state index in [9.17, 15) is 9.90 Å². The predicted molar refractivity (Wildman–Crippen MR) is 62.5 cm³/mol. The van der Waals surface area contributed by atoms with Crippen LogP contribution in [-0.4, -0.2) is 36.3 Å². The highest BCUT2D eigenvalue weighted by molar-refractivity contribution is 5.64. The fourth-order valence-corrected chi connectivity index (χ4v) is 1.55. The van der Waals surface area contributed by atoms with Gasteiger partial charge in [0.15, 0.2) is 5.82 Å². The summed E-state index contributed by atoms with van der Waals surface area (Å²) in [6.45, 7) is 0.469. The molecule has 0 saturated carbocycles. The molecule has 0 aliphatic heterocycles. The van der Waals surface area contributed by atoms with Crippen molar-refractivity contribution in [2.45, 2.75) is 13.1 Å². The Morgan fingerprint density at radius 3 is 2.61 bits per heavy atom. The van der Waals surface area contributed by atoms with Gasteiger partial charge < -0.3 is 5.11 Å². The van der Waals surface area contributed by atoms with Gasteiger partial charge in [-0.3, -0.25) is 4.90 Å². The van der Waals surface area contributed by atoms with Crippen LogP contribution in [0.1, 0.15) is 11.4 Å². The molecule has 0 aliphatic rings. The molecule has 2 rings (SSSR count). The lowest BCUT2D eigenvalue weighted by atomic mass is 10.2. The number of carboxylic acid groups (broad SMARTS) is 1. The number of aryl methyl sites for hydroxylation is 1. The normalized spacial score (nSPS) is 10.3. The van der Waals surface area contributed by atoms with Crippen LogP contribution in [0.25, 0.3) is 0 Å². The van der Waals surface area contributed by atoms with E-state index >= 15 is 0 Å². The van der Waals surface area contributed by atoms with Gasteiger partial charge in [0.25, 0.3) is 0 Å². The van der Waals surface area contributed by atoms with Crippen molar-refractivity contribution < 1.29 is 9.90 Å². The topological polar surface area (TPSA) is 84.1 Å². The van der Waals surface area contributed by atoms with E-state index in [-0.39, 0.29) is 6.54 Å². The van der Waals surface area contributed by atoms with Gasteiger partial charge in [0.2, 0.25) is 0 Å². The summed E-state index contributed by atoms with van der Waals surface area (Å²) in [5.74, 6) is 0.508. The van der Waals surface area contributed by atoms with Gasteiger partial charge in [0, 0.05) is 13.6 Å². The van der Waals surface area contributed by atoms with E-state index in [1.165, 1.54) is 9.58 Å². The summed E-state index contributed by atoms with van der Waals surface area (Å²) in [6.07, 6.45) is -0.998. The Labute approximate surface area is 104 Å².